The molecule has 2 aromatic carbocycles. The number of pyridine rings is 1. The highest BCUT2D eigenvalue weighted by Crippen LogP contribution is 2.34. The van der Waals surface area contributed by atoms with Crippen molar-refractivity contribution < 1.29 is 18.9 Å². The molecule has 0 saturated heterocycles. The molecule has 0 unspecified atom stereocenters. The maximum absolute atomic E-state index is 12.5. The lowest BCUT2D eigenvalue weighted by Crippen LogP contribution is -2.09. The van der Waals surface area contributed by atoms with Crippen LogP contribution in [0.25, 0.3) is 22.0 Å². The molecule has 0 aliphatic rings. The number of aromatic nitrogens is 1. The number of ether oxygens (including phenoxy) is 4. The zero-order valence-corrected chi connectivity index (χ0v) is 14.5. The van der Waals surface area contributed by atoms with Crippen molar-refractivity contribution in [3.8, 4) is 34.1 Å². The molecule has 130 valence electrons. The third-order valence-electron chi connectivity index (χ3n) is 4.04. The van der Waals surface area contributed by atoms with E-state index in [2.05, 4.69) is 4.98 Å². The highest BCUT2D eigenvalue weighted by atomic mass is 16.5. The number of hydrogen-bond donors (Lipinski definition) is 1. The highest BCUT2D eigenvalue weighted by molar-refractivity contribution is 5.86. The fourth-order valence-electron chi connectivity index (χ4n) is 2.75. The summed E-state index contributed by atoms with van der Waals surface area (Å²) in [7, 11) is 6.26. The van der Waals surface area contributed by atoms with Crippen LogP contribution < -0.4 is 24.5 Å². The molecule has 6 heteroatoms. The van der Waals surface area contributed by atoms with E-state index in [1.165, 1.54) is 0 Å². The summed E-state index contributed by atoms with van der Waals surface area (Å²) in [6.07, 6.45) is 0. The summed E-state index contributed by atoms with van der Waals surface area (Å²) in [4.78, 5) is 15.4. The number of H-pyrrole nitrogens is 1. The first kappa shape index (κ1) is 16.7. The van der Waals surface area contributed by atoms with Crippen LogP contribution in [0, 0.1) is 0 Å². The Morgan fingerprint density at radius 2 is 1.32 bits per heavy atom. The molecule has 1 aromatic heterocycles. The van der Waals surface area contributed by atoms with Crippen molar-refractivity contribution >= 4 is 10.9 Å². The van der Waals surface area contributed by atoms with Gasteiger partial charge in [0.15, 0.2) is 23.0 Å². The van der Waals surface area contributed by atoms with Gasteiger partial charge in [-0.15, -0.1) is 0 Å². The van der Waals surface area contributed by atoms with Crippen molar-refractivity contribution in [2.24, 2.45) is 0 Å². The van der Waals surface area contributed by atoms with Crippen LogP contribution in [0.5, 0.6) is 23.0 Å². The molecular formula is C19H19NO5. The quantitative estimate of drug-likeness (QED) is 0.771. The third-order valence-corrected chi connectivity index (χ3v) is 4.04. The van der Waals surface area contributed by atoms with Gasteiger partial charge in [-0.3, -0.25) is 4.79 Å². The van der Waals surface area contributed by atoms with E-state index < -0.39 is 0 Å². The Bertz CT molecular complexity index is 977. The summed E-state index contributed by atoms with van der Waals surface area (Å²) < 4.78 is 21.2. The summed E-state index contributed by atoms with van der Waals surface area (Å²) in [6, 6.07) is 10.8. The zero-order valence-electron chi connectivity index (χ0n) is 14.5. The van der Waals surface area contributed by atoms with Gasteiger partial charge in [-0.25, -0.2) is 0 Å². The molecule has 3 aromatic rings. The van der Waals surface area contributed by atoms with Crippen molar-refractivity contribution in [3.63, 3.8) is 0 Å². The SMILES string of the molecule is COc1ccc(-c2cc3cc(OC)c(OC)cc3[nH]c2=O)cc1OC. The molecule has 0 aliphatic heterocycles. The molecule has 0 spiro atoms. The van der Waals surface area contributed by atoms with E-state index in [1.807, 2.05) is 18.2 Å². The first-order valence-electron chi connectivity index (χ1n) is 7.62. The Morgan fingerprint density at radius 3 is 1.96 bits per heavy atom. The van der Waals surface area contributed by atoms with Gasteiger partial charge in [0.05, 0.1) is 34.0 Å². The largest absolute Gasteiger partial charge is 0.493 e. The van der Waals surface area contributed by atoms with Crippen LogP contribution in [0.2, 0.25) is 0 Å². The molecule has 0 bridgehead atoms. The molecule has 0 amide bonds. The Kier molecular flexibility index (Phi) is 4.52. The molecule has 3 rings (SSSR count). The number of fused-ring (bicyclic) bond motifs is 1. The summed E-state index contributed by atoms with van der Waals surface area (Å²) in [6.45, 7) is 0. The van der Waals surface area contributed by atoms with Crippen LogP contribution in [0.3, 0.4) is 0 Å². The Morgan fingerprint density at radius 1 is 0.720 bits per heavy atom. The smallest absolute Gasteiger partial charge is 0.256 e. The van der Waals surface area contributed by atoms with E-state index in [1.54, 1.807) is 46.6 Å². The Hall–Kier alpha value is -3.15. The van der Waals surface area contributed by atoms with Crippen molar-refractivity contribution in [3.05, 3.63) is 46.8 Å². The fraction of sp³-hybridized carbons (Fsp3) is 0.211. The van der Waals surface area contributed by atoms with Crippen LogP contribution in [-0.2, 0) is 0 Å². The van der Waals surface area contributed by atoms with Gasteiger partial charge in [0.1, 0.15) is 0 Å². The van der Waals surface area contributed by atoms with Crippen molar-refractivity contribution in [2.45, 2.75) is 0 Å². The minimum atomic E-state index is -0.202. The van der Waals surface area contributed by atoms with Gasteiger partial charge in [0.25, 0.3) is 5.56 Å². The highest BCUT2D eigenvalue weighted by Gasteiger charge is 2.12. The molecule has 0 saturated carbocycles. The minimum Gasteiger partial charge on any atom is -0.493 e. The number of rotatable bonds is 5. The lowest BCUT2D eigenvalue weighted by atomic mass is 10.0. The first-order chi connectivity index (χ1) is 12.1. The number of methoxy groups -OCH3 is 4. The number of hydrogen-bond acceptors (Lipinski definition) is 5. The van der Waals surface area contributed by atoms with Crippen LogP contribution in [-0.4, -0.2) is 33.4 Å². The zero-order chi connectivity index (χ0) is 18.0. The van der Waals surface area contributed by atoms with Gasteiger partial charge in [0, 0.05) is 17.0 Å². The van der Waals surface area contributed by atoms with Crippen LogP contribution >= 0.6 is 0 Å². The maximum Gasteiger partial charge on any atom is 0.256 e. The molecule has 25 heavy (non-hydrogen) atoms. The summed E-state index contributed by atoms with van der Waals surface area (Å²) in [5.74, 6) is 2.33. The molecular weight excluding hydrogens is 322 g/mol. The average Bonchev–Trinajstić information content (AvgIpc) is 2.65. The summed E-state index contributed by atoms with van der Waals surface area (Å²) >= 11 is 0. The molecule has 0 aliphatic carbocycles. The lowest BCUT2D eigenvalue weighted by molar-refractivity contribution is 0.355. The number of nitrogens with one attached hydrogen (secondary N) is 1. The van der Waals surface area contributed by atoms with E-state index >= 15 is 0 Å². The summed E-state index contributed by atoms with van der Waals surface area (Å²) in [5, 5.41) is 0.835. The normalized spacial score (nSPS) is 10.6. The Labute approximate surface area is 144 Å². The van der Waals surface area contributed by atoms with Crippen molar-refractivity contribution in [1.29, 1.82) is 0 Å². The van der Waals surface area contributed by atoms with E-state index in [4.69, 9.17) is 18.9 Å². The van der Waals surface area contributed by atoms with Crippen LogP contribution in [0.15, 0.2) is 41.2 Å². The predicted octanol–water partition coefficient (Wildman–Crippen LogP) is 3.23. The van der Waals surface area contributed by atoms with E-state index in [-0.39, 0.29) is 5.56 Å². The lowest BCUT2D eigenvalue weighted by Gasteiger charge is -2.11. The van der Waals surface area contributed by atoms with Crippen LogP contribution in [0.4, 0.5) is 0 Å². The first-order valence-corrected chi connectivity index (χ1v) is 7.62. The van der Waals surface area contributed by atoms with Gasteiger partial charge >= 0.3 is 0 Å². The van der Waals surface area contributed by atoms with Gasteiger partial charge in [-0.2, -0.15) is 0 Å². The van der Waals surface area contributed by atoms with Crippen molar-refractivity contribution in [1.82, 2.24) is 4.98 Å². The second-order valence-electron chi connectivity index (χ2n) is 5.38. The average molecular weight is 341 g/mol. The van der Waals surface area contributed by atoms with E-state index in [9.17, 15) is 4.79 Å². The standard InChI is InChI=1S/C19H19NO5/c1-22-15-6-5-11(8-16(15)23-2)13-7-12-9-17(24-3)18(25-4)10-14(12)20-19(13)21/h5-10H,1-4H3,(H,20,21). The monoisotopic (exact) mass is 341 g/mol. The second kappa shape index (κ2) is 6.76. The molecule has 0 fully saturated rings. The predicted molar refractivity (Wildman–Crippen MR) is 96.2 cm³/mol. The third kappa shape index (κ3) is 2.98. The number of aromatic amines is 1. The molecule has 1 heterocycles. The summed E-state index contributed by atoms with van der Waals surface area (Å²) in [5.41, 5.74) is 1.73. The van der Waals surface area contributed by atoms with Crippen LogP contribution in [0.1, 0.15) is 0 Å². The number of benzene rings is 2. The van der Waals surface area contributed by atoms with Gasteiger partial charge in [-0.05, 0) is 29.8 Å². The van der Waals surface area contributed by atoms with E-state index in [0.717, 1.165) is 10.9 Å². The molecule has 6 nitrogen and oxygen atoms in total. The van der Waals surface area contributed by atoms with E-state index in [0.29, 0.717) is 34.1 Å². The second-order valence-corrected chi connectivity index (χ2v) is 5.38. The maximum atomic E-state index is 12.5. The van der Waals surface area contributed by atoms with Gasteiger partial charge in [-0.1, -0.05) is 6.07 Å². The molecule has 1 N–H and O–H groups in total. The molecule has 0 radical (unpaired) electrons. The minimum absolute atomic E-state index is 0.202. The van der Waals surface area contributed by atoms with Gasteiger partial charge < -0.3 is 23.9 Å². The Balaban J connectivity index is 2.20. The van der Waals surface area contributed by atoms with Crippen molar-refractivity contribution in [2.75, 3.05) is 28.4 Å². The fourth-order valence-corrected chi connectivity index (χ4v) is 2.75. The topological polar surface area (TPSA) is 69.8 Å². The molecule has 0 atom stereocenters. The van der Waals surface area contributed by atoms with Gasteiger partial charge in [0.2, 0.25) is 0 Å².